The van der Waals surface area contributed by atoms with Crippen molar-refractivity contribution in [2.45, 2.75) is 76.2 Å². The third-order valence-electron chi connectivity index (χ3n) is 9.83. The van der Waals surface area contributed by atoms with E-state index in [1.807, 2.05) is 69.3 Å². The van der Waals surface area contributed by atoms with Crippen LogP contribution in [0, 0.1) is 25.7 Å². The fourth-order valence-corrected chi connectivity index (χ4v) is 7.74. The van der Waals surface area contributed by atoms with E-state index in [2.05, 4.69) is 13.2 Å². The monoisotopic (exact) mass is 600 g/mol. The van der Waals surface area contributed by atoms with Crippen molar-refractivity contribution in [3.05, 3.63) is 90.5 Å². The van der Waals surface area contributed by atoms with Crippen LogP contribution in [0.4, 0.5) is 5.69 Å². The smallest absolute Gasteiger partial charge is 0.312 e. The molecular formula is C36H44N2O6. The zero-order chi connectivity index (χ0) is 31.6. The Bertz CT molecular complexity index is 1420. The molecule has 3 aliphatic heterocycles. The number of carbonyl (C=O) groups is 3. The predicted octanol–water partition coefficient (Wildman–Crippen LogP) is 5.22. The first kappa shape index (κ1) is 31.7. The van der Waals surface area contributed by atoms with Gasteiger partial charge in [0.05, 0.1) is 30.8 Å². The number of likely N-dealkylation sites (tertiary alicyclic amines) is 1. The lowest BCUT2D eigenvalue weighted by atomic mass is 9.65. The van der Waals surface area contributed by atoms with Gasteiger partial charge in [0.1, 0.15) is 17.6 Å². The summed E-state index contributed by atoms with van der Waals surface area (Å²) in [4.78, 5) is 46.8. The van der Waals surface area contributed by atoms with Crippen LogP contribution in [0.3, 0.4) is 0 Å². The topological polar surface area (TPSA) is 96.4 Å². The van der Waals surface area contributed by atoms with Crippen molar-refractivity contribution in [1.82, 2.24) is 4.90 Å². The number of aryl methyl sites for hydroxylation is 2. The lowest BCUT2D eigenvalue weighted by molar-refractivity contribution is -0.162. The maximum Gasteiger partial charge on any atom is 0.312 e. The highest BCUT2D eigenvalue weighted by Gasteiger charge is 2.79. The minimum atomic E-state index is -1.26. The number of carbonyl (C=O) groups excluding carboxylic acids is 3. The van der Waals surface area contributed by atoms with E-state index < -0.39 is 47.7 Å². The average molecular weight is 601 g/mol. The summed E-state index contributed by atoms with van der Waals surface area (Å²) in [6, 6.07) is 13.2. The molecule has 0 saturated carbocycles. The van der Waals surface area contributed by atoms with Crippen molar-refractivity contribution in [2.24, 2.45) is 11.8 Å². The van der Waals surface area contributed by atoms with E-state index in [4.69, 9.17) is 9.47 Å². The molecule has 8 nitrogen and oxygen atoms in total. The highest BCUT2D eigenvalue weighted by molar-refractivity contribution is 6.05. The van der Waals surface area contributed by atoms with E-state index in [-0.39, 0.29) is 25.0 Å². The van der Waals surface area contributed by atoms with Crippen molar-refractivity contribution >= 4 is 23.5 Å². The standard InChI is InChI=1S/C36H44N2O6/c1-6-9-13-21-43-34(42)30-29-32(40)38(28(23-39)26-14-11-10-12-15-26)31(36(29)19-18-35(30,8-3)44-36)33(41)37(20-7-2)27-22-24(4)16-17-25(27)5/h6-7,10-12,14-17,22,28-31,39H,1-2,8-9,13,18-21,23H2,3-5H3/t28-,29+,30-,31?,35+,36?/m1/s1. The van der Waals surface area contributed by atoms with E-state index in [0.717, 1.165) is 16.8 Å². The van der Waals surface area contributed by atoms with Crippen molar-refractivity contribution in [1.29, 1.82) is 0 Å². The molecule has 234 valence electrons. The van der Waals surface area contributed by atoms with Crippen LogP contribution in [0.25, 0.3) is 0 Å². The van der Waals surface area contributed by atoms with Crippen LogP contribution in [-0.4, -0.2) is 64.8 Å². The van der Waals surface area contributed by atoms with Gasteiger partial charge in [0.25, 0.3) is 5.91 Å². The lowest BCUT2D eigenvalue weighted by Crippen LogP contribution is -2.57. The molecule has 3 fully saturated rings. The van der Waals surface area contributed by atoms with E-state index >= 15 is 4.79 Å². The number of aliphatic hydroxyl groups excluding tert-OH is 1. The molecule has 2 unspecified atom stereocenters. The van der Waals surface area contributed by atoms with Crippen LogP contribution < -0.4 is 4.90 Å². The SMILES string of the molecule is C=CCCCOC(=O)[C@H]1[C@H]2C(=O)N([C@H](CO)c3ccccc3)C(C(=O)N(CC=C)c3cc(C)ccc3C)C23CC[C@]1(CC)O3. The Kier molecular flexibility index (Phi) is 9.14. The summed E-state index contributed by atoms with van der Waals surface area (Å²) < 4.78 is 12.7. The number of hydrogen-bond acceptors (Lipinski definition) is 6. The van der Waals surface area contributed by atoms with Gasteiger partial charge in [0, 0.05) is 12.2 Å². The summed E-state index contributed by atoms with van der Waals surface area (Å²) in [7, 11) is 0. The summed E-state index contributed by atoms with van der Waals surface area (Å²) in [5.74, 6) is -2.94. The van der Waals surface area contributed by atoms with Gasteiger partial charge in [0.15, 0.2) is 0 Å². The summed E-state index contributed by atoms with van der Waals surface area (Å²) in [5, 5.41) is 10.8. The first-order chi connectivity index (χ1) is 21.2. The Labute approximate surface area is 260 Å². The van der Waals surface area contributed by atoms with Gasteiger partial charge in [-0.2, -0.15) is 0 Å². The lowest BCUT2D eigenvalue weighted by Gasteiger charge is -2.40. The molecule has 2 amide bonds. The zero-order valence-electron chi connectivity index (χ0n) is 26.0. The number of anilines is 1. The molecule has 44 heavy (non-hydrogen) atoms. The third kappa shape index (κ3) is 5.08. The van der Waals surface area contributed by atoms with Gasteiger partial charge in [-0.3, -0.25) is 14.4 Å². The quantitative estimate of drug-likeness (QED) is 0.192. The molecule has 0 aromatic heterocycles. The van der Waals surface area contributed by atoms with Crippen molar-refractivity contribution in [3.63, 3.8) is 0 Å². The number of amides is 2. The Morgan fingerprint density at radius 1 is 1.16 bits per heavy atom. The minimum absolute atomic E-state index is 0.212. The van der Waals surface area contributed by atoms with Crippen molar-refractivity contribution in [2.75, 3.05) is 24.7 Å². The third-order valence-corrected chi connectivity index (χ3v) is 9.83. The van der Waals surface area contributed by atoms with Gasteiger partial charge in [-0.05, 0) is 68.7 Å². The van der Waals surface area contributed by atoms with Crippen molar-refractivity contribution < 1.29 is 29.0 Å². The number of allylic oxidation sites excluding steroid dienone is 1. The van der Waals surface area contributed by atoms with Crippen LogP contribution >= 0.6 is 0 Å². The van der Waals surface area contributed by atoms with Gasteiger partial charge in [0.2, 0.25) is 5.91 Å². The molecule has 0 aliphatic carbocycles. The summed E-state index contributed by atoms with van der Waals surface area (Å²) in [6.07, 6.45) is 6.24. The second kappa shape index (κ2) is 12.7. The zero-order valence-corrected chi connectivity index (χ0v) is 26.0. The molecule has 3 aliphatic rings. The van der Waals surface area contributed by atoms with Crippen molar-refractivity contribution in [3.8, 4) is 0 Å². The second-order valence-corrected chi connectivity index (χ2v) is 12.3. The van der Waals surface area contributed by atoms with Crippen LogP contribution in [0.5, 0.6) is 0 Å². The Hall–Kier alpha value is -3.75. The molecule has 2 aromatic rings. The van der Waals surface area contributed by atoms with Crippen LogP contribution in [0.2, 0.25) is 0 Å². The van der Waals surface area contributed by atoms with E-state index in [1.165, 1.54) is 4.90 Å². The predicted molar refractivity (Wildman–Crippen MR) is 169 cm³/mol. The molecule has 2 aromatic carbocycles. The molecule has 2 bridgehead atoms. The molecular weight excluding hydrogens is 556 g/mol. The van der Waals surface area contributed by atoms with Gasteiger partial charge in [-0.25, -0.2) is 0 Å². The van der Waals surface area contributed by atoms with Gasteiger partial charge in [-0.1, -0.05) is 61.5 Å². The number of rotatable bonds is 13. The Morgan fingerprint density at radius 3 is 2.57 bits per heavy atom. The summed E-state index contributed by atoms with van der Waals surface area (Å²) >= 11 is 0. The highest BCUT2D eigenvalue weighted by Crippen LogP contribution is 2.65. The molecule has 3 heterocycles. The number of fused-ring (bicyclic) bond motifs is 1. The first-order valence-corrected chi connectivity index (χ1v) is 15.6. The number of nitrogens with zero attached hydrogens (tertiary/aromatic N) is 2. The number of aliphatic hydroxyl groups is 1. The molecule has 5 rings (SSSR count). The summed E-state index contributed by atoms with van der Waals surface area (Å²) in [6.45, 7) is 13.5. The maximum atomic E-state index is 15.0. The normalized spacial score (nSPS) is 27.6. The summed E-state index contributed by atoms with van der Waals surface area (Å²) in [5.41, 5.74) is 1.14. The second-order valence-electron chi connectivity index (χ2n) is 12.3. The van der Waals surface area contributed by atoms with Gasteiger partial charge >= 0.3 is 5.97 Å². The molecule has 1 N–H and O–H groups in total. The fourth-order valence-electron chi connectivity index (χ4n) is 7.74. The highest BCUT2D eigenvalue weighted by atomic mass is 16.6. The van der Waals surface area contributed by atoms with Crippen LogP contribution in [0.15, 0.2) is 73.8 Å². The largest absolute Gasteiger partial charge is 0.465 e. The molecule has 0 radical (unpaired) electrons. The number of hydrogen-bond donors (Lipinski definition) is 1. The maximum absolute atomic E-state index is 15.0. The molecule has 1 spiro atoms. The Balaban J connectivity index is 1.65. The molecule has 8 heteroatoms. The average Bonchev–Trinajstić information content (AvgIpc) is 3.64. The van der Waals surface area contributed by atoms with Crippen LogP contribution in [-0.2, 0) is 23.9 Å². The molecule has 3 saturated heterocycles. The first-order valence-electron chi connectivity index (χ1n) is 15.6. The van der Waals surface area contributed by atoms with Gasteiger partial charge in [-0.15, -0.1) is 13.2 Å². The van der Waals surface area contributed by atoms with E-state index in [9.17, 15) is 14.7 Å². The minimum Gasteiger partial charge on any atom is -0.465 e. The van der Waals surface area contributed by atoms with E-state index in [0.29, 0.717) is 37.7 Å². The number of ether oxygens (including phenoxy) is 2. The number of esters is 1. The van der Waals surface area contributed by atoms with E-state index in [1.54, 1.807) is 17.1 Å². The fraction of sp³-hybridized carbons (Fsp3) is 0.472. The number of unbranched alkanes of at least 4 members (excludes halogenated alkanes) is 1. The molecule has 6 atom stereocenters. The number of benzene rings is 2. The van der Waals surface area contributed by atoms with Gasteiger partial charge < -0.3 is 24.4 Å². The van der Waals surface area contributed by atoms with Crippen LogP contribution in [0.1, 0.15) is 61.8 Å². The Morgan fingerprint density at radius 2 is 1.91 bits per heavy atom.